The number of hydrogen-bond acceptors (Lipinski definition) is 3. The lowest BCUT2D eigenvalue weighted by Gasteiger charge is -2.34. The molecule has 17 heavy (non-hydrogen) atoms. The Bertz CT molecular complexity index is 200. The molecule has 0 atom stereocenters. The molecule has 1 aliphatic rings. The zero-order valence-corrected chi connectivity index (χ0v) is 12.7. The molecule has 100 valence electrons. The lowest BCUT2D eigenvalue weighted by atomic mass is 10.1. The summed E-state index contributed by atoms with van der Waals surface area (Å²) in [4.78, 5) is 10.8. The second-order valence-corrected chi connectivity index (χ2v) is 8.06. The highest BCUT2D eigenvalue weighted by atomic mass is 32.2. The van der Waals surface area contributed by atoms with E-state index in [1.165, 1.54) is 62.9 Å². The Kier molecular flexibility index (Phi) is 8.46. The minimum absolute atomic E-state index is 0.241. The highest BCUT2D eigenvalue weighted by Crippen LogP contribution is 2.47. The first kappa shape index (κ1) is 15.4. The smallest absolute Gasteiger partial charge is 0.122 e. The molecule has 0 N–H and O–H groups in total. The summed E-state index contributed by atoms with van der Waals surface area (Å²) in [7, 11) is 0. The zero-order chi connectivity index (χ0) is 12.4. The van der Waals surface area contributed by atoms with Gasteiger partial charge < -0.3 is 4.79 Å². The molecule has 0 amide bonds. The van der Waals surface area contributed by atoms with E-state index in [1.54, 1.807) is 0 Å². The average molecular weight is 274 g/mol. The summed E-state index contributed by atoms with van der Waals surface area (Å²) in [5.41, 5.74) is 0. The normalized spacial score (nSPS) is 19.1. The van der Waals surface area contributed by atoms with Gasteiger partial charge in [-0.15, -0.1) is 23.5 Å². The molecule has 1 fully saturated rings. The van der Waals surface area contributed by atoms with Gasteiger partial charge in [0.1, 0.15) is 6.29 Å². The summed E-state index contributed by atoms with van der Waals surface area (Å²) >= 11 is 4.07. The summed E-state index contributed by atoms with van der Waals surface area (Å²) in [6, 6.07) is 0. The van der Waals surface area contributed by atoms with Crippen LogP contribution in [0.3, 0.4) is 0 Å². The number of hydrogen-bond donors (Lipinski definition) is 0. The van der Waals surface area contributed by atoms with E-state index in [4.69, 9.17) is 0 Å². The topological polar surface area (TPSA) is 17.1 Å². The molecule has 0 unspecified atom stereocenters. The third-order valence-corrected chi connectivity index (χ3v) is 6.81. The standard InChI is InChI=1S/C14H26OS2/c1-2-3-4-5-6-7-9-14(10-11-15)16-12-8-13-17-14/h11H,2-10,12-13H2,1H3. The van der Waals surface area contributed by atoms with Gasteiger partial charge in [-0.2, -0.15) is 0 Å². The van der Waals surface area contributed by atoms with Crippen molar-refractivity contribution in [2.24, 2.45) is 0 Å². The number of unbranched alkanes of at least 4 members (excludes halogenated alkanes) is 5. The van der Waals surface area contributed by atoms with E-state index in [1.807, 2.05) is 23.5 Å². The largest absolute Gasteiger partial charge is 0.303 e. The van der Waals surface area contributed by atoms with Gasteiger partial charge >= 0.3 is 0 Å². The van der Waals surface area contributed by atoms with E-state index in [-0.39, 0.29) is 4.08 Å². The maximum atomic E-state index is 10.8. The fourth-order valence-corrected chi connectivity index (χ4v) is 5.57. The molecule has 0 bridgehead atoms. The second kappa shape index (κ2) is 9.32. The molecule has 1 rings (SSSR count). The predicted molar refractivity (Wildman–Crippen MR) is 80.9 cm³/mol. The van der Waals surface area contributed by atoms with Gasteiger partial charge in [0.15, 0.2) is 0 Å². The summed E-state index contributed by atoms with van der Waals surface area (Å²) in [5.74, 6) is 2.49. The molecule has 3 heteroatoms. The first-order valence-corrected chi connectivity index (χ1v) is 9.01. The molecule has 0 aromatic rings. The van der Waals surface area contributed by atoms with E-state index >= 15 is 0 Å². The van der Waals surface area contributed by atoms with Crippen molar-refractivity contribution >= 4 is 29.8 Å². The Hall–Kier alpha value is 0.370. The Balaban J connectivity index is 2.17. The lowest BCUT2D eigenvalue weighted by Crippen LogP contribution is -2.25. The van der Waals surface area contributed by atoms with Gasteiger partial charge in [0, 0.05) is 6.42 Å². The molecule has 0 aromatic carbocycles. The highest BCUT2D eigenvalue weighted by molar-refractivity contribution is 8.18. The SMILES string of the molecule is CCCCCCCCC1(CC=O)SCCCS1. The summed E-state index contributed by atoms with van der Waals surface area (Å²) < 4.78 is 0.241. The van der Waals surface area contributed by atoms with Crippen LogP contribution in [0, 0.1) is 0 Å². The van der Waals surface area contributed by atoms with Crippen LogP contribution in [-0.4, -0.2) is 21.9 Å². The van der Waals surface area contributed by atoms with E-state index in [0.29, 0.717) is 0 Å². The van der Waals surface area contributed by atoms with Crippen LogP contribution >= 0.6 is 23.5 Å². The minimum atomic E-state index is 0.241. The van der Waals surface area contributed by atoms with Crippen molar-refractivity contribution in [3.8, 4) is 0 Å². The predicted octanol–water partition coefficient (Wildman–Crippen LogP) is 4.89. The van der Waals surface area contributed by atoms with E-state index in [0.717, 1.165) is 12.7 Å². The molecule has 0 spiro atoms. The third kappa shape index (κ3) is 6.19. The molecule has 0 aliphatic carbocycles. The van der Waals surface area contributed by atoms with Gasteiger partial charge in [-0.05, 0) is 24.3 Å². The summed E-state index contributed by atoms with van der Waals surface area (Å²) in [6.07, 6.45) is 12.5. The molecule has 0 aromatic heterocycles. The monoisotopic (exact) mass is 274 g/mol. The minimum Gasteiger partial charge on any atom is -0.303 e. The lowest BCUT2D eigenvalue weighted by molar-refractivity contribution is -0.108. The number of carbonyl (C=O) groups is 1. The Morgan fingerprint density at radius 3 is 2.35 bits per heavy atom. The maximum Gasteiger partial charge on any atom is 0.122 e. The van der Waals surface area contributed by atoms with Crippen LogP contribution in [0.1, 0.15) is 64.7 Å². The number of thioether (sulfide) groups is 2. The van der Waals surface area contributed by atoms with Crippen molar-refractivity contribution in [2.45, 2.75) is 68.8 Å². The van der Waals surface area contributed by atoms with Crippen LogP contribution < -0.4 is 0 Å². The number of carbonyl (C=O) groups excluding carboxylic acids is 1. The Labute approximate surface area is 115 Å². The Morgan fingerprint density at radius 1 is 1.06 bits per heavy atom. The van der Waals surface area contributed by atoms with Crippen LogP contribution in [0.5, 0.6) is 0 Å². The van der Waals surface area contributed by atoms with Crippen LogP contribution in [0.25, 0.3) is 0 Å². The van der Waals surface area contributed by atoms with Crippen molar-refractivity contribution in [3.05, 3.63) is 0 Å². The quantitative estimate of drug-likeness (QED) is 0.440. The second-order valence-electron chi connectivity index (χ2n) is 4.85. The fourth-order valence-electron chi connectivity index (χ4n) is 2.28. The van der Waals surface area contributed by atoms with Gasteiger partial charge in [-0.25, -0.2) is 0 Å². The number of rotatable bonds is 9. The average Bonchev–Trinajstić information content (AvgIpc) is 2.35. The van der Waals surface area contributed by atoms with E-state index in [9.17, 15) is 4.79 Å². The van der Waals surface area contributed by atoms with Crippen molar-refractivity contribution in [1.82, 2.24) is 0 Å². The molecule has 1 nitrogen and oxygen atoms in total. The molecule has 1 saturated heterocycles. The van der Waals surface area contributed by atoms with E-state index in [2.05, 4.69) is 6.92 Å². The molecule has 1 heterocycles. The fraction of sp³-hybridized carbons (Fsp3) is 0.929. The van der Waals surface area contributed by atoms with Gasteiger partial charge in [-0.1, -0.05) is 45.4 Å². The maximum absolute atomic E-state index is 10.8. The molecule has 0 radical (unpaired) electrons. The first-order valence-electron chi connectivity index (χ1n) is 7.04. The van der Waals surface area contributed by atoms with Crippen molar-refractivity contribution in [2.75, 3.05) is 11.5 Å². The van der Waals surface area contributed by atoms with Gasteiger partial charge in [0.25, 0.3) is 0 Å². The van der Waals surface area contributed by atoms with Crippen LogP contribution in [-0.2, 0) is 4.79 Å². The third-order valence-electron chi connectivity index (χ3n) is 3.32. The van der Waals surface area contributed by atoms with Gasteiger partial charge in [-0.3, -0.25) is 0 Å². The van der Waals surface area contributed by atoms with Gasteiger partial charge in [0.2, 0.25) is 0 Å². The zero-order valence-electron chi connectivity index (χ0n) is 11.1. The molecular formula is C14H26OS2. The number of aldehydes is 1. The molecular weight excluding hydrogens is 248 g/mol. The van der Waals surface area contributed by atoms with Crippen molar-refractivity contribution in [3.63, 3.8) is 0 Å². The van der Waals surface area contributed by atoms with Crippen molar-refractivity contribution < 1.29 is 4.79 Å². The highest BCUT2D eigenvalue weighted by Gasteiger charge is 2.32. The van der Waals surface area contributed by atoms with Crippen LogP contribution in [0.4, 0.5) is 0 Å². The van der Waals surface area contributed by atoms with Crippen molar-refractivity contribution in [1.29, 1.82) is 0 Å². The Morgan fingerprint density at radius 2 is 1.71 bits per heavy atom. The molecule has 0 saturated carbocycles. The van der Waals surface area contributed by atoms with Gasteiger partial charge in [0.05, 0.1) is 4.08 Å². The van der Waals surface area contributed by atoms with E-state index < -0.39 is 0 Å². The molecule has 1 aliphatic heterocycles. The first-order chi connectivity index (χ1) is 8.33. The summed E-state index contributed by atoms with van der Waals surface area (Å²) in [5, 5.41) is 0. The van der Waals surface area contributed by atoms with Crippen LogP contribution in [0.2, 0.25) is 0 Å². The van der Waals surface area contributed by atoms with Crippen LogP contribution in [0.15, 0.2) is 0 Å². The summed E-state index contributed by atoms with van der Waals surface area (Å²) in [6.45, 7) is 2.26.